The summed E-state index contributed by atoms with van der Waals surface area (Å²) in [5.41, 5.74) is 2.36. The Morgan fingerprint density at radius 2 is 1.34 bits per heavy atom. The van der Waals surface area contributed by atoms with Crippen LogP contribution in [0.25, 0.3) is 21.8 Å². The van der Waals surface area contributed by atoms with Gasteiger partial charge in [-0.25, -0.2) is 9.97 Å². The molecule has 6 nitrogen and oxygen atoms in total. The minimum atomic E-state index is -0.422. The molecule has 1 aliphatic heterocycles. The van der Waals surface area contributed by atoms with E-state index in [0.29, 0.717) is 13.1 Å². The van der Waals surface area contributed by atoms with E-state index >= 15 is 0 Å². The number of nitrogens with zero attached hydrogens (tertiary/aromatic N) is 5. The highest BCUT2D eigenvalue weighted by Gasteiger charge is 2.21. The molecule has 6 heteroatoms. The molecule has 0 saturated carbocycles. The molecular formula is C23H25N5O. The number of piperazine rings is 1. The van der Waals surface area contributed by atoms with Gasteiger partial charge in [-0.05, 0) is 18.2 Å². The summed E-state index contributed by atoms with van der Waals surface area (Å²) in [5, 5.41) is 13.4. The Bertz CT molecular complexity index is 1050. The van der Waals surface area contributed by atoms with Gasteiger partial charge in [-0.1, -0.05) is 36.4 Å². The maximum Gasteiger partial charge on any atom is 0.225 e. The minimum absolute atomic E-state index is 0.422. The van der Waals surface area contributed by atoms with Crippen molar-refractivity contribution in [2.24, 2.45) is 0 Å². The normalized spacial score (nSPS) is 16.5. The lowest BCUT2D eigenvalue weighted by Gasteiger charge is -2.35. The van der Waals surface area contributed by atoms with E-state index in [0.717, 1.165) is 32.1 Å². The standard InChI is InChI=1S/C23H25N5O/c29-18(16-26-12-14-27(15-13-26)23-24-10-5-11-25-23)17-28-21-8-3-1-6-19(21)20-7-2-4-9-22(20)28/h1-11,18,29H,12-17H2. The fraction of sp³-hybridized carbons (Fsp3) is 0.304. The predicted octanol–water partition coefficient (Wildman–Crippen LogP) is 2.77. The molecular weight excluding hydrogens is 362 g/mol. The first-order valence-electron chi connectivity index (χ1n) is 10.2. The predicted molar refractivity (Wildman–Crippen MR) is 116 cm³/mol. The maximum atomic E-state index is 10.9. The van der Waals surface area contributed by atoms with E-state index in [2.05, 4.69) is 72.9 Å². The summed E-state index contributed by atoms with van der Waals surface area (Å²) in [5.74, 6) is 0.790. The molecule has 29 heavy (non-hydrogen) atoms. The van der Waals surface area contributed by atoms with Crippen LogP contribution in [-0.4, -0.2) is 63.4 Å². The second-order valence-corrected chi connectivity index (χ2v) is 7.64. The van der Waals surface area contributed by atoms with Crippen molar-refractivity contribution in [1.29, 1.82) is 0 Å². The number of anilines is 1. The number of benzene rings is 2. The number of β-amino-alcohol motifs (C(OH)–C–C–N with tert-alkyl or cyclic N) is 1. The maximum absolute atomic E-state index is 10.9. The van der Waals surface area contributed by atoms with Gasteiger partial charge < -0.3 is 14.6 Å². The Labute approximate surface area is 170 Å². The van der Waals surface area contributed by atoms with Crippen LogP contribution in [0.2, 0.25) is 0 Å². The largest absolute Gasteiger partial charge is 0.390 e. The molecule has 1 fully saturated rings. The number of aromatic nitrogens is 3. The van der Waals surface area contributed by atoms with E-state index in [1.165, 1.54) is 21.8 Å². The summed E-state index contributed by atoms with van der Waals surface area (Å²) in [6, 6.07) is 18.7. The average molecular weight is 387 g/mol. The van der Waals surface area contributed by atoms with Crippen molar-refractivity contribution in [1.82, 2.24) is 19.4 Å². The molecule has 1 atom stereocenters. The zero-order valence-electron chi connectivity index (χ0n) is 16.4. The molecule has 1 unspecified atom stereocenters. The Kier molecular flexibility index (Phi) is 4.87. The number of aliphatic hydroxyl groups is 1. The zero-order valence-corrected chi connectivity index (χ0v) is 16.4. The monoisotopic (exact) mass is 387 g/mol. The number of hydrogen-bond donors (Lipinski definition) is 1. The van der Waals surface area contributed by atoms with Crippen LogP contribution in [0.4, 0.5) is 5.95 Å². The molecule has 1 N–H and O–H groups in total. The van der Waals surface area contributed by atoms with E-state index in [-0.39, 0.29) is 0 Å². The summed E-state index contributed by atoms with van der Waals surface area (Å²) in [6.07, 6.45) is 3.14. The van der Waals surface area contributed by atoms with Gasteiger partial charge in [-0.15, -0.1) is 0 Å². The number of aliphatic hydroxyl groups excluding tert-OH is 1. The summed E-state index contributed by atoms with van der Waals surface area (Å²) in [4.78, 5) is 13.2. The average Bonchev–Trinajstić information content (AvgIpc) is 3.09. The van der Waals surface area contributed by atoms with Crippen LogP contribution >= 0.6 is 0 Å². The van der Waals surface area contributed by atoms with E-state index in [1.807, 2.05) is 6.07 Å². The highest BCUT2D eigenvalue weighted by atomic mass is 16.3. The molecule has 1 aliphatic rings. The Morgan fingerprint density at radius 1 is 0.759 bits per heavy atom. The Morgan fingerprint density at radius 3 is 1.97 bits per heavy atom. The molecule has 2 aromatic heterocycles. The van der Waals surface area contributed by atoms with Crippen molar-refractivity contribution in [3.63, 3.8) is 0 Å². The third kappa shape index (κ3) is 3.57. The van der Waals surface area contributed by atoms with Gasteiger partial charge in [-0.2, -0.15) is 0 Å². The van der Waals surface area contributed by atoms with Gasteiger partial charge in [0, 0.05) is 66.9 Å². The van der Waals surface area contributed by atoms with Crippen molar-refractivity contribution >= 4 is 27.8 Å². The van der Waals surface area contributed by atoms with Crippen LogP contribution in [0.15, 0.2) is 67.0 Å². The van der Waals surface area contributed by atoms with Crippen LogP contribution in [0.3, 0.4) is 0 Å². The third-order valence-corrected chi connectivity index (χ3v) is 5.75. The first-order valence-corrected chi connectivity index (χ1v) is 10.2. The topological polar surface area (TPSA) is 57.4 Å². The minimum Gasteiger partial charge on any atom is -0.390 e. The van der Waals surface area contributed by atoms with E-state index in [4.69, 9.17) is 0 Å². The van der Waals surface area contributed by atoms with Crippen LogP contribution in [0.1, 0.15) is 0 Å². The molecule has 0 aliphatic carbocycles. The number of para-hydroxylation sites is 2. The Hall–Kier alpha value is -2.96. The van der Waals surface area contributed by atoms with Gasteiger partial charge in [0.15, 0.2) is 0 Å². The van der Waals surface area contributed by atoms with Gasteiger partial charge in [0.1, 0.15) is 0 Å². The van der Waals surface area contributed by atoms with Gasteiger partial charge in [0.25, 0.3) is 0 Å². The van der Waals surface area contributed by atoms with Crippen molar-refractivity contribution in [3.05, 3.63) is 67.0 Å². The van der Waals surface area contributed by atoms with Crippen molar-refractivity contribution in [2.75, 3.05) is 37.6 Å². The number of hydrogen-bond acceptors (Lipinski definition) is 5. The third-order valence-electron chi connectivity index (χ3n) is 5.75. The van der Waals surface area contributed by atoms with Crippen molar-refractivity contribution < 1.29 is 5.11 Å². The highest BCUT2D eigenvalue weighted by Crippen LogP contribution is 2.28. The molecule has 2 aromatic carbocycles. The molecule has 4 aromatic rings. The van der Waals surface area contributed by atoms with Gasteiger partial charge in [-0.3, -0.25) is 4.90 Å². The molecule has 3 heterocycles. The zero-order chi connectivity index (χ0) is 19.6. The first-order chi connectivity index (χ1) is 14.3. The molecule has 0 bridgehead atoms. The lowest BCUT2D eigenvalue weighted by Crippen LogP contribution is -2.49. The van der Waals surface area contributed by atoms with E-state index in [9.17, 15) is 5.11 Å². The number of rotatable bonds is 5. The highest BCUT2D eigenvalue weighted by molar-refractivity contribution is 6.07. The second kappa shape index (κ2) is 7.81. The molecule has 0 spiro atoms. The van der Waals surface area contributed by atoms with Crippen molar-refractivity contribution in [2.45, 2.75) is 12.6 Å². The summed E-state index contributed by atoms with van der Waals surface area (Å²) < 4.78 is 2.25. The van der Waals surface area contributed by atoms with Gasteiger partial charge in [0.05, 0.1) is 12.6 Å². The first kappa shape index (κ1) is 18.1. The van der Waals surface area contributed by atoms with Gasteiger partial charge >= 0.3 is 0 Å². The van der Waals surface area contributed by atoms with Crippen LogP contribution in [0.5, 0.6) is 0 Å². The van der Waals surface area contributed by atoms with Crippen LogP contribution in [-0.2, 0) is 6.54 Å². The van der Waals surface area contributed by atoms with Crippen LogP contribution < -0.4 is 4.90 Å². The lowest BCUT2D eigenvalue weighted by molar-refractivity contribution is 0.0967. The summed E-state index contributed by atoms with van der Waals surface area (Å²) >= 11 is 0. The SMILES string of the molecule is OC(CN1CCN(c2ncccn2)CC1)Cn1c2ccccc2c2ccccc21. The van der Waals surface area contributed by atoms with E-state index < -0.39 is 6.10 Å². The fourth-order valence-electron chi connectivity index (χ4n) is 4.35. The molecule has 0 amide bonds. The number of fused-ring (bicyclic) bond motifs is 3. The second-order valence-electron chi connectivity index (χ2n) is 7.64. The molecule has 5 rings (SSSR count). The molecule has 1 saturated heterocycles. The van der Waals surface area contributed by atoms with E-state index in [1.54, 1.807) is 12.4 Å². The van der Waals surface area contributed by atoms with Crippen LogP contribution in [0, 0.1) is 0 Å². The lowest BCUT2D eigenvalue weighted by atomic mass is 10.2. The smallest absolute Gasteiger partial charge is 0.225 e. The quantitative estimate of drug-likeness (QED) is 0.571. The summed E-state index contributed by atoms with van der Waals surface area (Å²) in [6.45, 7) is 4.84. The summed E-state index contributed by atoms with van der Waals surface area (Å²) in [7, 11) is 0. The molecule has 0 radical (unpaired) electrons. The molecule has 148 valence electrons. The van der Waals surface area contributed by atoms with Crippen molar-refractivity contribution in [3.8, 4) is 0 Å². The van der Waals surface area contributed by atoms with Gasteiger partial charge in [0.2, 0.25) is 5.95 Å². The fourth-order valence-corrected chi connectivity index (χ4v) is 4.35. The Balaban J connectivity index is 1.27.